The minimum Gasteiger partial charge on any atom is -0.383 e. The van der Waals surface area contributed by atoms with E-state index in [-0.39, 0.29) is 24.4 Å². The van der Waals surface area contributed by atoms with E-state index in [9.17, 15) is 13.2 Å². The van der Waals surface area contributed by atoms with Crippen LogP contribution in [0.15, 0.2) is 24.5 Å². The SMILES string of the molecule is Nc1nc(C2(C(F)(F)F)CC2)cc2cnccc12. The van der Waals surface area contributed by atoms with E-state index in [4.69, 9.17) is 5.73 Å². The predicted octanol–water partition coefficient (Wildman–Crippen LogP) is 2.81. The van der Waals surface area contributed by atoms with Gasteiger partial charge in [0.2, 0.25) is 0 Å². The van der Waals surface area contributed by atoms with E-state index in [0.717, 1.165) is 0 Å². The molecule has 94 valence electrons. The molecular weight excluding hydrogens is 243 g/mol. The van der Waals surface area contributed by atoms with Crippen LogP contribution in [0.1, 0.15) is 18.5 Å². The zero-order chi connectivity index (χ0) is 13.0. The number of pyridine rings is 2. The third-order valence-electron chi connectivity index (χ3n) is 3.44. The molecule has 2 heterocycles. The van der Waals surface area contributed by atoms with Crippen LogP contribution < -0.4 is 5.73 Å². The Morgan fingerprint density at radius 1 is 1.28 bits per heavy atom. The lowest BCUT2D eigenvalue weighted by molar-refractivity contribution is -0.161. The highest BCUT2D eigenvalue weighted by Crippen LogP contribution is 2.58. The van der Waals surface area contributed by atoms with Gasteiger partial charge in [0, 0.05) is 23.2 Å². The fourth-order valence-electron chi connectivity index (χ4n) is 2.18. The molecule has 1 aliphatic carbocycles. The number of alkyl halides is 3. The summed E-state index contributed by atoms with van der Waals surface area (Å²) in [6.45, 7) is 0. The van der Waals surface area contributed by atoms with E-state index in [2.05, 4.69) is 9.97 Å². The number of halogens is 3. The van der Waals surface area contributed by atoms with Gasteiger partial charge >= 0.3 is 6.18 Å². The van der Waals surface area contributed by atoms with Crippen LogP contribution in [0.5, 0.6) is 0 Å². The van der Waals surface area contributed by atoms with Crippen molar-refractivity contribution >= 4 is 16.6 Å². The van der Waals surface area contributed by atoms with Gasteiger partial charge in [-0.15, -0.1) is 0 Å². The van der Waals surface area contributed by atoms with Gasteiger partial charge in [-0.3, -0.25) is 4.98 Å². The number of aromatic nitrogens is 2. The Balaban J connectivity index is 2.20. The van der Waals surface area contributed by atoms with Crippen molar-refractivity contribution < 1.29 is 13.2 Å². The number of nitrogen functional groups attached to an aromatic ring is 1. The van der Waals surface area contributed by atoms with Crippen LogP contribution >= 0.6 is 0 Å². The first kappa shape index (κ1) is 11.3. The Morgan fingerprint density at radius 2 is 2.00 bits per heavy atom. The third-order valence-corrected chi connectivity index (χ3v) is 3.44. The topological polar surface area (TPSA) is 51.8 Å². The molecule has 2 aromatic heterocycles. The van der Waals surface area contributed by atoms with E-state index in [1.54, 1.807) is 6.07 Å². The summed E-state index contributed by atoms with van der Waals surface area (Å²) < 4.78 is 39.1. The maximum atomic E-state index is 13.0. The fourth-order valence-corrected chi connectivity index (χ4v) is 2.18. The molecular formula is C12H10F3N3. The van der Waals surface area contributed by atoms with Crippen molar-refractivity contribution in [2.75, 3.05) is 5.73 Å². The molecule has 2 N–H and O–H groups in total. The summed E-state index contributed by atoms with van der Waals surface area (Å²) in [5.41, 5.74) is 3.93. The van der Waals surface area contributed by atoms with Gasteiger partial charge in [-0.2, -0.15) is 13.2 Å². The summed E-state index contributed by atoms with van der Waals surface area (Å²) in [5, 5.41) is 1.22. The second kappa shape index (κ2) is 3.34. The highest BCUT2D eigenvalue weighted by Gasteiger charge is 2.65. The zero-order valence-electron chi connectivity index (χ0n) is 9.33. The van der Waals surface area contributed by atoms with Gasteiger partial charge < -0.3 is 5.73 Å². The normalized spacial score (nSPS) is 17.9. The number of nitrogens with zero attached hydrogens (tertiary/aromatic N) is 2. The van der Waals surface area contributed by atoms with E-state index in [1.165, 1.54) is 18.5 Å². The van der Waals surface area contributed by atoms with Gasteiger partial charge in [-0.25, -0.2) is 4.98 Å². The molecule has 3 nitrogen and oxygen atoms in total. The van der Waals surface area contributed by atoms with Gasteiger partial charge in [-0.1, -0.05) is 0 Å². The summed E-state index contributed by atoms with van der Waals surface area (Å²) in [6, 6.07) is 3.09. The molecule has 0 saturated heterocycles. The van der Waals surface area contributed by atoms with Crippen LogP contribution in [0.2, 0.25) is 0 Å². The van der Waals surface area contributed by atoms with Crippen LogP contribution in [0, 0.1) is 0 Å². The summed E-state index contributed by atoms with van der Waals surface area (Å²) in [6.07, 6.45) is -1.08. The average Bonchev–Trinajstić information content (AvgIpc) is 3.09. The molecule has 0 unspecified atom stereocenters. The molecule has 0 atom stereocenters. The molecule has 0 amide bonds. The zero-order valence-corrected chi connectivity index (χ0v) is 9.33. The summed E-state index contributed by atoms with van der Waals surface area (Å²) in [4.78, 5) is 7.83. The Morgan fingerprint density at radius 3 is 2.61 bits per heavy atom. The van der Waals surface area contributed by atoms with Crippen molar-refractivity contribution in [3.05, 3.63) is 30.2 Å². The van der Waals surface area contributed by atoms with Crippen molar-refractivity contribution in [3.8, 4) is 0 Å². The summed E-state index contributed by atoms with van der Waals surface area (Å²) in [5.74, 6) is 0.125. The highest BCUT2D eigenvalue weighted by atomic mass is 19.4. The first-order chi connectivity index (χ1) is 8.44. The molecule has 3 rings (SSSR count). The van der Waals surface area contributed by atoms with Crippen LogP contribution in [-0.2, 0) is 5.41 Å². The van der Waals surface area contributed by atoms with Crippen LogP contribution in [-0.4, -0.2) is 16.1 Å². The summed E-state index contributed by atoms with van der Waals surface area (Å²) in [7, 11) is 0. The molecule has 2 aromatic rings. The Labute approximate surface area is 101 Å². The van der Waals surface area contributed by atoms with Gasteiger partial charge in [0.15, 0.2) is 0 Å². The van der Waals surface area contributed by atoms with Crippen molar-refractivity contribution in [1.29, 1.82) is 0 Å². The smallest absolute Gasteiger partial charge is 0.383 e. The molecule has 0 bridgehead atoms. The number of hydrogen-bond acceptors (Lipinski definition) is 3. The molecule has 1 aliphatic rings. The average molecular weight is 253 g/mol. The second-order valence-corrected chi connectivity index (χ2v) is 4.57. The van der Waals surface area contributed by atoms with E-state index in [1.807, 2.05) is 0 Å². The maximum Gasteiger partial charge on any atom is 0.399 e. The first-order valence-corrected chi connectivity index (χ1v) is 5.51. The highest BCUT2D eigenvalue weighted by molar-refractivity contribution is 5.90. The molecule has 6 heteroatoms. The largest absolute Gasteiger partial charge is 0.399 e. The Hall–Kier alpha value is -1.85. The molecule has 1 saturated carbocycles. The lowest BCUT2D eigenvalue weighted by Crippen LogP contribution is -2.29. The molecule has 0 aromatic carbocycles. The Bertz CT molecular complexity index is 617. The molecule has 18 heavy (non-hydrogen) atoms. The van der Waals surface area contributed by atoms with Gasteiger partial charge in [0.1, 0.15) is 11.2 Å². The number of fused-ring (bicyclic) bond motifs is 1. The first-order valence-electron chi connectivity index (χ1n) is 5.51. The number of hydrogen-bond donors (Lipinski definition) is 1. The lowest BCUT2D eigenvalue weighted by Gasteiger charge is -2.19. The molecule has 1 fully saturated rings. The Kier molecular flexibility index (Phi) is 2.09. The van der Waals surface area contributed by atoms with Crippen LogP contribution in [0.4, 0.5) is 19.0 Å². The second-order valence-electron chi connectivity index (χ2n) is 4.57. The predicted molar refractivity (Wildman–Crippen MR) is 60.9 cm³/mol. The van der Waals surface area contributed by atoms with Gasteiger partial charge in [0.25, 0.3) is 0 Å². The quantitative estimate of drug-likeness (QED) is 0.850. The summed E-state index contributed by atoms with van der Waals surface area (Å²) >= 11 is 0. The minimum atomic E-state index is -4.28. The number of nitrogens with two attached hydrogens (primary N) is 1. The maximum absolute atomic E-state index is 13.0. The van der Waals surface area contributed by atoms with Crippen LogP contribution in [0.25, 0.3) is 10.8 Å². The van der Waals surface area contributed by atoms with E-state index in [0.29, 0.717) is 10.8 Å². The lowest BCUT2D eigenvalue weighted by atomic mass is 9.99. The standard InChI is InChI=1S/C12H10F3N3/c13-12(14,15)11(2-3-11)9-5-7-6-17-4-1-8(7)10(16)18-9/h1,4-6H,2-3H2,(H2,16,18). The monoisotopic (exact) mass is 253 g/mol. The third kappa shape index (κ3) is 1.45. The van der Waals surface area contributed by atoms with Crippen LogP contribution in [0.3, 0.4) is 0 Å². The molecule has 0 spiro atoms. The van der Waals surface area contributed by atoms with Gasteiger partial charge in [-0.05, 0) is 25.0 Å². The van der Waals surface area contributed by atoms with E-state index < -0.39 is 11.6 Å². The number of rotatable bonds is 1. The fraction of sp³-hybridized carbons (Fsp3) is 0.333. The van der Waals surface area contributed by atoms with Gasteiger partial charge in [0.05, 0.1) is 5.69 Å². The minimum absolute atomic E-state index is 0.00741. The van der Waals surface area contributed by atoms with Crippen molar-refractivity contribution in [2.45, 2.75) is 24.4 Å². The van der Waals surface area contributed by atoms with Crippen molar-refractivity contribution in [2.24, 2.45) is 0 Å². The molecule has 0 aliphatic heterocycles. The van der Waals surface area contributed by atoms with Crippen molar-refractivity contribution in [1.82, 2.24) is 9.97 Å². The molecule has 0 radical (unpaired) electrons. The van der Waals surface area contributed by atoms with Crippen molar-refractivity contribution in [3.63, 3.8) is 0 Å². The number of anilines is 1. The van der Waals surface area contributed by atoms with E-state index >= 15 is 0 Å².